The minimum Gasteiger partial charge on any atom is -0.357 e. The fraction of sp³-hybridized carbons (Fsp3) is 0.667. The van der Waals surface area contributed by atoms with Gasteiger partial charge >= 0.3 is 0 Å². The third-order valence-electron chi connectivity index (χ3n) is 3.20. The van der Waals surface area contributed by atoms with Crippen molar-refractivity contribution in [1.82, 2.24) is 20.3 Å². The number of amides is 1. The van der Waals surface area contributed by atoms with Gasteiger partial charge in [-0.2, -0.15) is 15.0 Å². The molecule has 1 unspecified atom stereocenters. The summed E-state index contributed by atoms with van der Waals surface area (Å²) in [4.78, 5) is 26.3. The van der Waals surface area contributed by atoms with E-state index in [1.807, 2.05) is 4.90 Å². The second kappa shape index (κ2) is 6.36. The van der Waals surface area contributed by atoms with E-state index in [-0.39, 0.29) is 11.9 Å². The summed E-state index contributed by atoms with van der Waals surface area (Å²) in [6, 6.07) is 0.0270. The average molecular weight is 279 g/mol. The third kappa shape index (κ3) is 3.25. The number of hydrogen-bond donors (Lipinski definition) is 3. The van der Waals surface area contributed by atoms with Gasteiger partial charge in [0.1, 0.15) is 0 Å². The number of rotatable bonds is 6. The van der Waals surface area contributed by atoms with Crippen LogP contribution in [-0.4, -0.2) is 53.6 Å². The molecule has 3 N–H and O–H groups in total. The Morgan fingerprint density at radius 1 is 1.25 bits per heavy atom. The van der Waals surface area contributed by atoms with Gasteiger partial charge in [-0.25, -0.2) is 0 Å². The van der Waals surface area contributed by atoms with Crippen LogP contribution in [0.3, 0.4) is 0 Å². The van der Waals surface area contributed by atoms with E-state index >= 15 is 0 Å². The Morgan fingerprint density at radius 3 is 2.50 bits per heavy atom. The summed E-state index contributed by atoms with van der Waals surface area (Å²) in [6.45, 7) is 6.36. The van der Waals surface area contributed by atoms with Crippen LogP contribution >= 0.6 is 0 Å². The average Bonchev–Trinajstić information content (AvgIpc) is 2.85. The van der Waals surface area contributed by atoms with Gasteiger partial charge in [-0.05, 0) is 13.8 Å². The maximum Gasteiger partial charge on any atom is 0.231 e. The van der Waals surface area contributed by atoms with E-state index in [0.29, 0.717) is 30.8 Å². The number of carbonyl (C=O) groups excluding carboxylic acids is 1. The van der Waals surface area contributed by atoms with Crippen molar-refractivity contribution >= 4 is 23.8 Å². The van der Waals surface area contributed by atoms with E-state index < -0.39 is 0 Å². The van der Waals surface area contributed by atoms with Gasteiger partial charge in [0.25, 0.3) is 0 Å². The van der Waals surface area contributed by atoms with Gasteiger partial charge in [-0.3, -0.25) is 4.79 Å². The lowest BCUT2D eigenvalue weighted by Gasteiger charge is -2.20. The Hall–Kier alpha value is -2.12. The smallest absolute Gasteiger partial charge is 0.231 e. The van der Waals surface area contributed by atoms with E-state index in [0.717, 1.165) is 13.1 Å². The van der Waals surface area contributed by atoms with E-state index in [1.165, 1.54) is 0 Å². The highest BCUT2D eigenvalue weighted by Crippen LogP contribution is 2.15. The van der Waals surface area contributed by atoms with Crippen LogP contribution in [0, 0.1) is 0 Å². The monoisotopic (exact) mass is 279 g/mol. The van der Waals surface area contributed by atoms with Gasteiger partial charge < -0.3 is 20.9 Å². The third-order valence-corrected chi connectivity index (χ3v) is 3.20. The summed E-state index contributed by atoms with van der Waals surface area (Å²) < 4.78 is 0. The first-order valence-corrected chi connectivity index (χ1v) is 6.88. The second-order valence-corrected chi connectivity index (χ2v) is 4.55. The van der Waals surface area contributed by atoms with Gasteiger partial charge in [0.05, 0.1) is 6.04 Å². The van der Waals surface area contributed by atoms with Crippen molar-refractivity contribution in [2.45, 2.75) is 26.3 Å². The molecule has 1 aliphatic heterocycles. The summed E-state index contributed by atoms with van der Waals surface area (Å²) in [5.41, 5.74) is 0. The molecule has 8 heteroatoms. The van der Waals surface area contributed by atoms with Crippen LogP contribution < -0.4 is 20.9 Å². The Balaban J connectivity index is 2.19. The van der Waals surface area contributed by atoms with Crippen LogP contribution in [0.25, 0.3) is 0 Å². The molecule has 0 radical (unpaired) electrons. The van der Waals surface area contributed by atoms with Crippen molar-refractivity contribution in [3.63, 3.8) is 0 Å². The van der Waals surface area contributed by atoms with Crippen molar-refractivity contribution in [3.05, 3.63) is 0 Å². The number of nitrogens with one attached hydrogen (secondary N) is 3. The van der Waals surface area contributed by atoms with Gasteiger partial charge in [0, 0.05) is 33.1 Å². The predicted molar refractivity (Wildman–Crippen MR) is 78.0 cm³/mol. The van der Waals surface area contributed by atoms with Crippen molar-refractivity contribution in [2.24, 2.45) is 0 Å². The van der Waals surface area contributed by atoms with E-state index in [9.17, 15) is 4.79 Å². The molecule has 1 fully saturated rings. The van der Waals surface area contributed by atoms with Crippen molar-refractivity contribution in [2.75, 3.05) is 42.2 Å². The Bertz CT molecular complexity index is 475. The summed E-state index contributed by atoms with van der Waals surface area (Å²) in [5, 5.41) is 8.89. The van der Waals surface area contributed by atoms with Crippen LogP contribution in [0.2, 0.25) is 0 Å². The fourth-order valence-corrected chi connectivity index (χ4v) is 2.08. The van der Waals surface area contributed by atoms with Crippen LogP contribution in [0.15, 0.2) is 0 Å². The summed E-state index contributed by atoms with van der Waals surface area (Å²) in [5.74, 6) is 1.69. The maximum absolute atomic E-state index is 11.2. The number of anilines is 3. The minimum absolute atomic E-state index is 0.0270. The largest absolute Gasteiger partial charge is 0.357 e. The summed E-state index contributed by atoms with van der Waals surface area (Å²) in [6.07, 6.45) is 0.446. The second-order valence-electron chi connectivity index (χ2n) is 4.55. The molecule has 1 atom stereocenters. The van der Waals surface area contributed by atoms with Crippen LogP contribution in [-0.2, 0) is 4.79 Å². The highest BCUT2D eigenvalue weighted by molar-refractivity contribution is 5.79. The first-order chi connectivity index (χ1) is 9.66. The molecule has 2 heterocycles. The van der Waals surface area contributed by atoms with Crippen molar-refractivity contribution in [1.29, 1.82) is 0 Å². The van der Waals surface area contributed by atoms with Gasteiger partial charge in [0.15, 0.2) is 0 Å². The molecule has 0 saturated carbocycles. The minimum atomic E-state index is 0.0270. The van der Waals surface area contributed by atoms with Gasteiger partial charge in [0.2, 0.25) is 23.8 Å². The molecule has 0 bridgehead atoms. The van der Waals surface area contributed by atoms with Crippen LogP contribution in [0.4, 0.5) is 17.8 Å². The molecule has 20 heavy (non-hydrogen) atoms. The van der Waals surface area contributed by atoms with Gasteiger partial charge in [-0.15, -0.1) is 0 Å². The lowest BCUT2D eigenvalue weighted by molar-refractivity contribution is -0.119. The Kier molecular flexibility index (Phi) is 4.54. The highest BCUT2D eigenvalue weighted by atomic mass is 16.1. The molecule has 1 saturated heterocycles. The van der Waals surface area contributed by atoms with Crippen molar-refractivity contribution in [3.8, 4) is 0 Å². The number of carbonyl (C=O) groups is 1. The highest BCUT2D eigenvalue weighted by Gasteiger charge is 2.22. The Labute approximate surface area is 118 Å². The summed E-state index contributed by atoms with van der Waals surface area (Å²) in [7, 11) is 1.77. The van der Waals surface area contributed by atoms with Crippen molar-refractivity contribution < 1.29 is 4.79 Å². The molecule has 1 aliphatic rings. The van der Waals surface area contributed by atoms with Crippen LogP contribution in [0.5, 0.6) is 0 Å². The molecular formula is C12H21N7O. The predicted octanol–water partition coefficient (Wildman–Crippen LogP) is 0.0599. The zero-order chi connectivity index (χ0) is 14.5. The summed E-state index contributed by atoms with van der Waals surface area (Å²) >= 11 is 0. The molecule has 1 amide bonds. The lowest BCUT2D eigenvalue weighted by atomic mass is 10.3. The number of nitrogens with zero attached hydrogens (tertiary/aromatic N) is 4. The lowest BCUT2D eigenvalue weighted by Crippen LogP contribution is -2.27. The molecule has 0 spiro atoms. The topological polar surface area (TPSA) is 95.1 Å². The molecule has 1 aromatic heterocycles. The first-order valence-electron chi connectivity index (χ1n) is 6.88. The molecule has 0 aromatic carbocycles. The fourth-order valence-electron chi connectivity index (χ4n) is 2.08. The van der Waals surface area contributed by atoms with E-state index in [4.69, 9.17) is 0 Å². The number of aromatic nitrogens is 3. The Morgan fingerprint density at radius 2 is 1.95 bits per heavy atom. The quantitative estimate of drug-likeness (QED) is 0.677. The molecule has 110 valence electrons. The first kappa shape index (κ1) is 14.3. The molecule has 2 rings (SSSR count). The standard InChI is InChI=1S/C12H21N7O/c1-4-19(5-2)12-17-10(13-3)16-11(18-12)15-8-6-9(20)14-7-8/h8H,4-7H2,1-3H3,(H,14,20)(H2,13,15,16,17,18). The molecule has 8 nitrogen and oxygen atoms in total. The van der Waals surface area contributed by atoms with Gasteiger partial charge in [-0.1, -0.05) is 0 Å². The van der Waals surface area contributed by atoms with Crippen LogP contribution in [0.1, 0.15) is 20.3 Å². The maximum atomic E-state index is 11.2. The van der Waals surface area contributed by atoms with E-state index in [1.54, 1.807) is 7.05 Å². The molecule has 0 aliphatic carbocycles. The normalized spacial score (nSPS) is 17.8. The molecule has 1 aromatic rings. The SMILES string of the molecule is CCN(CC)c1nc(NC)nc(NC2CNC(=O)C2)n1. The van der Waals surface area contributed by atoms with E-state index in [2.05, 4.69) is 44.7 Å². The molecular weight excluding hydrogens is 258 g/mol. The number of hydrogen-bond acceptors (Lipinski definition) is 7. The zero-order valence-electron chi connectivity index (χ0n) is 12.1. The zero-order valence-corrected chi connectivity index (χ0v) is 12.1.